The van der Waals surface area contributed by atoms with Gasteiger partial charge in [-0.05, 0) is 18.6 Å². The molecule has 0 spiro atoms. The number of aryl methyl sites for hydroxylation is 1. The van der Waals surface area contributed by atoms with Crippen molar-refractivity contribution in [3.63, 3.8) is 0 Å². The third-order valence-electron chi connectivity index (χ3n) is 1.62. The van der Waals surface area contributed by atoms with E-state index in [1.807, 2.05) is 0 Å². The van der Waals surface area contributed by atoms with Gasteiger partial charge in [0, 0.05) is 0 Å². The van der Waals surface area contributed by atoms with Crippen LogP contribution in [0.4, 0.5) is 14.6 Å². The van der Waals surface area contributed by atoms with Gasteiger partial charge in [-0.1, -0.05) is 0 Å². The zero-order chi connectivity index (χ0) is 10.0. The highest BCUT2D eigenvalue weighted by molar-refractivity contribution is 5.46. The van der Waals surface area contributed by atoms with E-state index in [0.717, 1.165) is 0 Å². The fourth-order valence-corrected chi connectivity index (χ4v) is 0.905. The monoisotopic (exact) mass is 183 g/mol. The molecule has 0 saturated heterocycles. The van der Waals surface area contributed by atoms with Gasteiger partial charge in [0.1, 0.15) is 11.9 Å². The number of nitriles is 1. The maximum absolute atomic E-state index is 12.3. The molecular weight excluding hydrogens is 176 g/mol. The van der Waals surface area contributed by atoms with Gasteiger partial charge in [-0.3, -0.25) is 0 Å². The third-order valence-corrected chi connectivity index (χ3v) is 1.62. The zero-order valence-corrected chi connectivity index (χ0v) is 6.88. The minimum atomic E-state index is -2.69. The average Bonchev–Trinajstić information content (AvgIpc) is 2.08. The second kappa shape index (κ2) is 3.35. The summed E-state index contributed by atoms with van der Waals surface area (Å²) in [6, 6.07) is 2.76. The van der Waals surface area contributed by atoms with Gasteiger partial charge >= 0.3 is 0 Å². The quantitative estimate of drug-likeness (QED) is 0.721. The second-order valence-corrected chi connectivity index (χ2v) is 2.54. The van der Waals surface area contributed by atoms with E-state index in [2.05, 4.69) is 4.98 Å². The number of anilines is 1. The highest BCUT2D eigenvalue weighted by Crippen LogP contribution is 2.24. The SMILES string of the molecule is Cc1cc(C(F)F)c(C#N)nc1N. The highest BCUT2D eigenvalue weighted by Gasteiger charge is 2.15. The summed E-state index contributed by atoms with van der Waals surface area (Å²) >= 11 is 0. The van der Waals surface area contributed by atoms with Gasteiger partial charge in [0.15, 0.2) is 5.69 Å². The number of halogens is 2. The molecule has 0 fully saturated rings. The first-order valence-corrected chi connectivity index (χ1v) is 3.51. The van der Waals surface area contributed by atoms with Crippen LogP contribution in [0.1, 0.15) is 23.2 Å². The van der Waals surface area contributed by atoms with E-state index in [0.29, 0.717) is 5.56 Å². The average molecular weight is 183 g/mol. The number of aromatic nitrogens is 1. The minimum absolute atomic E-state index is 0.112. The molecule has 1 heterocycles. The molecule has 3 nitrogen and oxygen atoms in total. The predicted molar refractivity (Wildman–Crippen MR) is 43.1 cm³/mol. The molecule has 5 heteroatoms. The number of pyridine rings is 1. The molecule has 0 aliphatic carbocycles. The summed E-state index contributed by atoms with van der Waals surface area (Å²) in [5.41, 5.74) is 5.14. The molecule has 0 aliphatic rings. The van der Waals surface area contributed by atoms with Crippen molar-refractivity contribution in [1.82, 2.24) is 4.98 Å². The Bertz CT molecular complexity index is 368. The molecule has 0 amide bonds. The lowest BCUT2D eigenvalue weighted by atomic mass is 10.1. The van der Waals surface area contributed by atoms with Crippen LogP contribution in [0.5, 0.6) is 0 Å². The number of rotatable bonds is 1. The Kier molecular flexibility index (Phi) is 2.42. The van der Waals surface area contributed by atoms with Crippen LogP contribution in [0.15, 0.2) is 6.07 Å². The van der Waals surface area contributed by atoms with Crippen molar-refractivity contribution >= 4 is 5.82 Å². The van der Waals surface area contributed by atoms with Crippen molar-refractivity contribution in [2.45, 2.75) is 13.3 Å². The molecule has 0 aromatic carbocycles. The Hall–Kier alpha value is -1.70. The summed E-state index contributed by atoms with van der Waals surface area (Å²) in [6.45, 7) is 1.56. The van der Waals surface area contributed by atoms with Crippen molar-refractivity contribution in [1.29, 1.82) is 5.26 Å². The Morgan fingerprint density at radius 2 is 2.23 bits per heavy atom. The van der Waals surface area contributed by atoms with Crippen LogP contribution in [-0.2, 0) is 0 Å². The molecule has 13 heavy (non-hydrogen) atoms. The van der Waals surface area contributed by atoms with Gasteiger partial charge in [-0.25, -0.2) is 13.8 Å². The topological polar surface area (TPSA) is 62.7 Å². The first-order chi connectivity index (χ1) is 6.06. The van der Waals surface area contributed by atoms with E-state index in [1.165, 1.54) is 6.07 Å². The third kappa shape index (κ3) is 1.72. The lowest BCUT2D eigenvalue weighted by Gasteiger charge is -2.05. The van der Waals surface area contributed by atoms with Crippen molar-refractivity contribution in [2.24, 2.45) is 0 Å². The Morgan fingerprint density at radius 3 is 2.69 bits per heavy atom. The van der Waals surface area contributed by atoms with Gasteiger partial charge in [-0.2, -0.15) is 5.26 Å². The van der Waals surface area contributed by atoms with Gasteiger partial charge in [0.2, 0.25) is 0 Å². The van der Waals surface area contributed by atoms with E-state index in [-0.39, 0.29) is 17.1 Å². The first kappa shape index (κ1) is 9.39. The van der Waals surface area contributed by atoms with E-state index >= 15 is 0 Å². The number of nitrogens with zero attached hydrogens (tertiary/aromatic N) is 2. The predicted octanol–water partition coefficient (Wildman–Crippen LogP) is 1.78. The van der Waals surface area contributed by atoms with Gasteiger partial charge < -0.3 is 5.73 Å². The van der Waals surface area contributed by atoms with E-state index in [1.54, 1.807) is 13.0 Å². The van der Waals surface area contributed by atoms with Crippen LogP contribution in [0, 0.1) is 18.3 Å². The molecule has 0 saturated carbocycles. The molecule has 68 valence electrons. The Morgan fingerprint density at radius 1 is 1.62 bits per heavy atom. The van der Waals surface area contributed by atoms with Crippen LogP contribution < -0.4 is 5.73 Å². The molecule has 0 aliphatic heterocycles. The largest absolute Gasteiger partial charge is 0.383 e. The normalized spacial score (nSPS) is 10.1. The van der Waals surface area contributed by atoms with Crippen molar-refractivity contribution < 1.29 is 8.78 Å². The van der Waals surface area contributed by atoms with Crippen LogP contribution in [0.3, 0.4) is 0 Å². The summed E-state index contributed by atoms with van der Waals surface area (Å²) in [7, 11) is 0. The molecule has 2 N–H and O–H groups in total. The first-order valence-electron chi connectivity index (χ1n) is 3.51. The number of nitrogens with two attached hydrogens (primary N) is 1. The van der Waals surface area contributed by atoms with Crippen LogP contribution >= 0.6 is 0 Å². The number of hydrogen-bond donors (Lipinski definition) is 1. The van der Waals surface area contributed by atoms with Crippen molar-refractivity contribution in [3.05, 3.63) is 22.9 Å². The molecule has 0 unspecified atom stereocenters. The Labute approximate surface area is 73.8 Å². The van der Waals surface area contributed by atoms with Crippen LogP contribution in [0.2, 0.25) is 0 Å². The lowest BCUT2D eigenvalue weighted by Crippen LogP contribution is -2.01. The van der Waals surface area contributed by atoms with Crippen molar-refractivity contribution in [2.75, 3.05) is 5.73 Å². The maximum atomic E-state index is 12.3. The van der Waals surface area contributed by atoms with E-state index < -0.39 is 6.43 Å². The summed E-state index contributed by atoms with van der Waals surface area (Å²) in [5, 5.41) is 8.48. The molecule has 1 aromatic rings. The minimum Gasteiger partial charge on any atom is -0.383 e. The number of nitrogen functional groups attached to an aromatic ring is 1. The molecule has 0 radical (unpaired) electrons. The summed E-state index contributed by atoms with van der Waals surface area (Å²) in [6.07, 6.45) is -2.69. The van der Waals surface area contributed by atoms with Crippen LogP contribution in [0.25, 0.3) is 0 Å². The molecular formula is C8H7F2N3. The molecule has 1 rings (SSSR count). The zero-order valence-electron chi connectivity index (χ0n) is 6.88. The van der Waals surface area contributed by atoms with Gasteiger partial charge in [-0.15, -0.1) is 0 Å². The van der Waals surface area contributed by atoms with Gasteiger partial charge in [0.25, 0.3) is 6.43 Å². The van der Waals surface area contributed by atoms with Gasteiger partial charge in [0.05, 0.1) is 5.56 Å². The van der Waals surface area contributed by atoms with Crippen molar-refractivity contribution in [3.8, 4) is 6.07 Å². The maximum Gasteiger partial charge on any atom is 0.266 e. The fourth-order valence-electron chi connectivity index (χ4n) is 0.905. The summed E-state index contributed by atoms with van der Waals surface area (Å²) < 4.78 is 24.6. The van der Waals surface area contributed by atoms with E-state index in [4.69, 9.17) is 11.0 Å². The number of alkyl halides is 2. The highest BCUT2D eigenvalue weighted by atomic mass is 19.3. The molecule has 0 bridgehead atoms. The molecule has 0 atom stereocenters. The Balaban J connectivity index is 3.35. The van der Waals surface area contributed by atoms with Crippen LogP contribution in [-0.4, -0.2) is 4.98 Å². The smallest absolute Gasteiger partial charge is 0.266 e. The lowest BCUT2D eigenvalue weighted by molar-refractivity contribution is 0.150. The fraction of sp³-hybridized carbons (Fsp3) is 0.250. The number of hydrogen-bond acceptors (Lipinski definition) is 3. The van der Waals surface area contributed by atoms with E-state index in [9.17, 15) is 8.78 Å². The summed E-state index contributed by atoms with van der Waals surface area (Å²) in [4.78, 5) is 3.55. The standard InChI is InChI=1S/C8H7F2N3/c1-4-2-5(7(9)10)6(3-11)13-8(4)12/h2,7H,1H3,(H2,12,13). The second-order valence-electron chi connectivity index (χ2n) is 2.54. The summed E-state index contributed by atoms with van der Waals surface area (Å²) in [5.74, 6) is 0.112. The molecule has 1 aromatic heterocycles.